The molecule has 182 valence electrons. The zero-order valence-corrected chi connectivity index (χ0v) is 21.2. The van der Waals surface area contributed by atoms with Crippen molar-refractivity contribution < 1.29 is 9.59 Å². The highest BCUT2D eigenvalue weighted by Gasteiger charge is 2.21. The number of hydrogen-bond acceptors (Lipinski definition) is 5. The molecule has 0 spiro atoms. The molecule has 0 aliphatic carbocycles. The van der Waals surface area contributed by atoms with Gasteiger partial charge in [0.25, 0.3) is 0 Å². The van der Waals surface area contributed by atoms with Crippen molar-refractivity contribution >= 4 is 46.0 Å². The van der Waals surface area contributed by atoms with Crippen molar-refractivity contribution in [2.24, 2.45) is 0 Å². The summed E-state index contributed by atoms with van der Waals surface area (Å²) in [6.07, 6.45) is 3.46. The largest absolute Gasteiger partial charge is 0.332 e. The van der Waals surface area contributed by atoms with Crippen molar-refractivity contribution in [2.45, 2.75) is 19.4 Å². The highest BCUT2D eigenvalue weighted by molar-refractivity contribution is 7.18. The second kappa shape index (κ2) is 12.2. The fourth-order valence-corrected chi connectivity index (χ4v) is 4.51. The fraction of sp³-hybridized carbons (Fsp3) is 0.143. The predicted octanol–water partition coefficient (Wildman–Crippen LogP) is 6.49. The van der Waals surface area contributed by atoms with Crippen LogP contribution in [0.25, 0.3) is 16.6 Å². The van der Waals surface area contributed by atoms with Crippen molar-refractivity contribution in [3.05, 3.63) is 107 Å². The monoisotopic (exact) mass is 516 g/mol. The summed E-state index contributed by atoms with van der Waals surface area (Å²) in [6, 6.07) is 26.5. The summed E-state index contributed by atoms with van der Waals surface area (Å²) in [6.45, 7) is 2.22. The minimum absolute atomic E-state index is 0.123. The molecule has 0 aliphatic heterocycles. The van der Waals surface area contributed by atoms with Crippen LogP contribution < -0.4 is 5.32 Å². The van der Waals surface area contributed by atoms with E-state index in [4.69, 9.17) is 11.6 Å². The maximum atomic E-state index is 13.2. The SMILES string of the molecule is CC(c1ccccc1)N(CCC(=O)Nc1nnc(-c2ccc(Cl)cc2)s1)C(=O)C=Cc1ccccc1. The molecule has 0 bridgehead atoms. The van der Waals surface area contributed by atoms with E-state index in [1.807, 2.05) is 79.7 Å². The molecule has 3 aromatic carbocycles. The lowest BCUT2D eigenvalue weighted by atomic mass is 10.1. The van der Waals surface area contributed by atoms with Gasteiger partial charge in [-0.25, -0.2) is 0 Å². The molecular formula is C28H25ClN4O2S. The highest BCUT2D eigenvalue weighted by atomic mass is 35.5. The average Bonchev–Trinajstić information content (AvgIpc) is 3.37. The molecule has 1 heterocycles. The molecular weight excluding hydrogens is 492 g/mol. The third kappa shape index (κ3) is 6.87. The maximum Gasteiger partial charge on any atom is 0.247 e. The van der Waals surface area contributed by atoms with Gasteiger partial charge in [-0.3, -0.25) is 9.59 Å². The summed E-state index contributed by atoms with van der Waals surface area (Å²) in [5.74, 6) is -0.400. The predicted molar refractivity (Wildman–Crippen MR) is 146 cm³/mol. The summed E-state index contributed by atoms with van der Waals surface area (Å²) in [4.78, 5) is 27.6. The van der Waals surface area contributed by atoms with Crippen LogP contribution in [0.15, 0.2) is 91.0 Å². The van der Waals surface area contributed by atoms with E-state index < -0.39 is 0 Å². The van der Waals surface area contributed by atoms with Crippen molar-refractivity contribution in [1.82, 2.24) is 15.1 Å². The Morgan fingerprint density at radius 2 is 1.64 bits per heavy atom. The Morgan fingerprint density at radius 1 is 0.972 bits per heavy atom. The van der Waals surface area contributed by atoms with Crippen molar-refractivity contribution in [3.63, 3.8) is 0 Å². The minimum Gasteiger partial charge on any atom is -0.332 e. The van der Waals surface area contributed by atoms with Crippen molar-refractivity contribution in [1.29, 1.82) is 0 Å². The lowest BCUT2D eigenvalue weighted by molar-refractivity contribution is -0.128. The fourth-order valence-electron chi connectivity index (χ4n) is 3.62. The van der Waals surface area contributed by atoms with E-state index in [0.29, 0.717) is 15.2 Å². The zero-order chi connectivity index (χ0) is 25.3. The second-order valence-electron chi connectivity index (χ2n) is 8.08. The van der Waals surface area contributed by atoms with Crippen LogP contribution in [0.3, 0.4) is 0 Å². The summed E-state index contributed by atoms with van der Waals surface area (Å²) in [7, 11) is 0. The van der Waals surface area contributed by atoms with Crippen LogP contribution in [0.4, 0.5) is 5.13 Å². The number of anilines is 1. The van der Waals surface area contributed by atoms with Gasteiger partial charge in [0.1, 0.15) is 5.01 Å². The summed E-state index contributed by atoms with van der Waals surface area (Å²) < 4.78 is 0. The Kier molecular flexibility index (Phi) is 8.60. The van der Waals surface area contributed by atoms with Crippen LogP contribution in [0.1, 0.15) is 30.5 Å². The standard InChI is InChI=1S/C28H25ClN4O2S/c1-20(22-10-6-3-7-11-22)33(26(35)17-12-21-8-4-2-5-9-21)19-18-25(34)30-28-32-31-27(36-28)23-13-15-24(29)16-14-23/h2-17,20H,18-19H2,1H3,(H,30,32,34). The highest BCUT2D eigenvalue weighted by Crippen LogP contribution is 2.27. The Labute approximate surface area is 219 Å². The van der Waals surface area contributed by atoms with E-state index in [9.17, 15) is 9.59 Å². The number of carbonyl (C=O) groups is 2. The van der Waals surface area contributed by atoms with Crippen LogP contribution in [-0.2, 0) is 9.59 Å². The van der Waals surface area contributed by atoms with Gasteiger partial charge in [-0.15, -0.1) is 10.2 Å². The van der Waals surface area contributed by atoms with Gasteiger partial charge < -0.3 is 10.2 Å². The van der Waals surface area contributed by atoms with E-state index in [2.05, 4.69) is 15.5 Å². The number of carbonyl (C=O) groups excluding carboxylic acids is 2. The van der Waals surface area contributed by atoms with Crippen LogP contribution in [-0.4, -0.2) is 33.5 Å². The first kappa shape index (κ1) is 25.3. The van der Waals surface area contributed by atoms with Gasteiger partial charge in [-0.1, -0.05) is 95.7 Å². The molecule has 0 aliphatic rings. The first-order chi connectivity index (χ1) is 17.5. The van der Waals surface area contributed by atoms with Gasteiger partial charge >= 0.3 is 0 Å². The quantitative estimate of drug-likeness (QED) is 0.258. The molecule has 4 rings (SSSR count). The van der Waals surface area contributed by atoms with E-state index in [0.717, 1.165) is 16.7 Å². The second-order valence-corrected chi connectivity index (χ2v) is 9.49. The van der Waals surface area contributed by atoms with Gasteiger partial charge in [0.05, 0.1) is 6.04 Å². The molecule has 8 heteroatoms. The Balaban J connectivity index is 1.42. The number of aromatic nitrogens is 2. The number of nitrogens with zero attached hydrogens (tertiary/aromatic N) is 3. The lowest BCUT2D eigenvalue weighted by Crippen LogP contribution is -2.35. The third-order valence-corrected chi connectivity index (χ3v) is 6.73. The average molecular weight is 517 g/mol. The number of halogens is 1. The number of hydrogen-bond donors (Lipinski definition) is 1. The van der Waals surface area contributed by atoms with Crippen LogP contribution >= 0.6 is 22.9 Å². The Bertz CT molecular complexity index is 1320. The first-order valence-electron chi connectivity index (χ1n) is 11.5. The number of amides is 2. The molecule has 1 aromatic heterocycles. The molecule has 0 saturated heterocycles. The molecule has 1 unspecified atom stereocenters. The van der Waals surface area contributed by atoms with Crippen LogP contribution in [0.5, 0.6) is 0 Å². The molecule has 2 amide bonds. The summed E-state index contributed by atoms with van der Waals surface area (Å²) in [5.41, 5.74) is 2.80. The van der Waals surface area contributed by atoms with Gasteiger partial charge in [-0.2, -0.15) is 0 Å². The van der Waals surface area contributed by atoms with Gasteiger partial charge in [0.2, 0.25) is 16.9 Å². The lowest BCUT2D eigenvalue weighted by Gasteiger charge is -2.28. The minimum atomic E-state index is -0.237. The van der Waals surface area contributed by atoms with E-state index >= 15 is 0 Å². The molecule has 36 heavy (non-hydrogen) atoms. The van der Waals surface area contributed by atoms with Crippen LogP contribution in [0, 0.1) is 0 Å². The molecule has 4 aromatic rings. The van der Waals surface area contributed by atoms with E-state index in [1.165, 1.54) is 11.3 Å². The first-order valence-corrected chi connectivity index (χ1v) is 12.7. The van der Waals surface area contributed by atoms with Crippen molar-refractivity contribution in [3.8, 4) is 10.6 Å². The third-order valence-electron chi connectivity index (χ3n) is 5.59. The Morgan fingerprint density at radius 3 is 2.33 bits per heavy atom. The number of benzene rings is 3. The van der Waals surface area contributed by atoms with Gasteiger partial charge in [0, 0.05) is 29.6 Å². The number of rotatable bonds is 9. The maximum absolute atomic E-state index is 13.2. The normalized spacial score (nSPS) is 11.8. The smallest absolute Gasteiger partial charge is 0.247 e. The summed E-state index contributed by atoms with van der Waals surface area (Å²) in [5, 5.41) is 12.8. The van der Waals surface area contributed by atoms with Gasteiger partial charge in [0.15, 0.2) is 0 Å². The summed E-state index contributed by atoms with van der Waals surface area (Å²) >= 11 is 7.23. The molecule has 0 saturated carbocycles. The Hall–Kier alpha value is -3.81. The zero-order valence-electron chi connectivity index (χ0n) is 19.7. The van der Waals surface area contributed by atoms with E-state index in [1.54, 1.807) is 29.2 Å². The molecule has 1 atom stereocenters. The van der Waals surface area contributed by atoms with Crippen molar-refractivity contribution in [2.75, 3.05) is 11.9 Å². The molecule has 1 N–H and O–H groups in total. The van der Waals surface area contributed by atoms with Gasteiger partial charge in [-0.05, 0) is 36.3 Å². The molecule has 0 radical (unpaired) electrons. The molecule has 0 fully saturated rings. The van der Waals surface area contributed by atoms with Crippen LogP contribution in [0.2, 0.25) is 5.02 Å². The molecule has 6 nitrogen and oxygen atoms in total. The van der Waals surface area contributed by atoms with E-state index in [-0.39, 0.29) is 30.8 Å². The number of nitrogens with one attached hydrogen (secondary N) is 1. The topological polar surface area (TPSA) is 75.2 Å².